The number of aliphatic carboxylic acids is 1. The number of benzene rings is 1. The number of phenolic OH excluding ortho intramolecular Hbond substituents is 1. The molecule has 5 amide bonds. The quantitative estimate of drug-likeness (QED) is 0.0414. The molecule has 19 heteroatoms. The molecule has 2 aromatic rings. The number of likely N-dealkylation sites (tertiary alicyclic amines) is 1. The summed E-state index contributed by atoms with van der Waals surface area (Å²) in [7, 11) is 0. The highest BCUT2D eigenvalue weighted by Gasteiger charge is 2.40. The van der Waals surface area contributed by atoms with Gasteiger partial charge in [0.1, 0.15) is 36.0 Å². The minimum atomic E-state index is -1.26. The number of carboxylic acids is 1. The third-order valence-corrected chi connectivity index (χ3v) is 9.77. The van der Waals surface area contributed by atoms with Crippen LogP contribution in [-0.4, -0.2) is 116 Å². The normalized spacial score (nSPS) is 17.1. The lowest BCUT2D eigenvalue weighted by molar-refractivity contribution is -0.149. The van der Waals surface area contributed by atoms with E-state index in [1.807, 2.05) is 6.92 Å². The van der Waals surface area contributed by atoms with Gasteiger partial charge in [-0.15, -0.1) is 0 Å². The number of aromatic nitrogens is 2. The minimum absolute atomic E-state index is 0.00708. The van der Waals surface area contributed by atoms with Crippen molar-refractivity contribution in [1.29, 1.82) is 0 Å². The van der Waals surface area contributed by atoms with Crippen LogP contribution in [0.5, 0.6) is 5.75 Å². The Labute approximate surface area is 326 Å². The molecule has 0 saturated carbocycles. The maximum absolute atomic E-state index is 14.2. The molecule has 1 aliphatic rings. The molecule has 13 N–H and O–H groups in total. The number of H-pyrrole nitrogens is 1. The molecule has 1 fully saturated rings. The van der Waals surface area contributed by atoms with Gasteiger partial charge in [0.25, 0.3) is 0 Å². The van der Waals surface area contributed by atoms with Gasteiger partial charge in [-0.05, 0) is 55.2 Å². The fourth-order valence-corrected chi connectivity index (χ4v) is 6.31. The first-order chi connectivity index (χ1) is 26.5. The molecule has 0 bridgehead atoms. The number of aromatic amines is 1. The van der Waals surface area contributed by atoms with E-state index in [1.54, 1.807) is 32.9 Å². The molecule has 0 radical (unpaired) electrons. The number of hydrogen-bond acceptors (Lipinski definition) is 10. The molecule has 1 saturated heterocycles. The zero-order chi connectivity index (χ0) is 41.5. The van der Waals surface area contributed by atoms with E-state index in [9.17, 15) is 39.0 Å². The molecule has 7 unspecified atom stereocenters. The summed E-state index contributed by atoms with van der Waals surface area (Å²) < 4.78 is 0. The van der Waals surface area contributed by atoms with E-state index >= 15 is 0 Å². The zero-order valence-corrected chi connectivity index (χ0v) is 32.4. The first kappa shape index (κ1) is 44.7. The molecule has 0 aliphatic carbocycles. The molecule has 1 aromatic heterocycles. The number of hydrogen-bond donors (Lipinski definition) is 10. The minimum Gasteiger partial charge on any atom is -0.508 e. The number of aromatic hydroxyl groups is 1. The summed E-state index contributed by atoms with van der Waals surface area (Å²) in [4.78, 5) is 92.8. The van der Waals surface area contributed by atoms with Gasteiger partial charge in [-0.3, -0.25) is 29.0 Å². The Balaban J connectivity index is 1.85. The second-order valence-corrected chi connectivity index (χ2v) is 14.5. The van der Waals surface area contributed by atoms with Gasteiger partial charge in [-0.25, -0.2) is 9.78 Å². The Kier molecular flexibility index (Phi) is 17.1. The van der Waals surface area contributed by atoms with Gasteiger partial charge in [0.05, 0.1) is 12.4 Å². The number of carbonyl (C=O) groups is 6. The molecule has 0 spiro atoms. The SMILES string of the molecule is CCC(C)C(NC(=O)C(Cc1ccc(O)cc1)NC(=O)C(NC(=O)C(N)CCCN=C(N)N)C(C)C)C(=O)NC(Cc1cnc[nH]1)C(=O)N1CCCC1C(=O)O. The van der Waals surface area contributed by atoms with Crippen molar-refractivity contribution in [3.05, 3.63) is 48.0 Å². The van der Waals surface area contributed by atoms with E-state index in [0.717, 1.165) is 0 Å². The van der Waals surface area contributed by atoms with E-state index in [1.165, 1.54) is 29.6 Å². The smallest absolute Gasteiger partial charge is 0.326 e. The first-order valence-corrected chi connectivity index (χ1v) is 18.8. The van der Waals surface area contributed by atoms with Gasteiger partial charge < -0.3 is 58.6 Å². The van der Waals surface area contributed by atoms with E-state index in [-0.39, 0.29) is 50.5 Å². The molecular formula is C37H57N11O8. The maximum Gasteiger partial charge on any atom is 0.326 e. The second kappa shape index (κ2) is 21.4. The number of amides is 5. The molecule has 3 rings (SSSR count). The Morgan fingerprint density at radius 2 is 1.57 bits per heavy atom. The van der Waals surface area contributed by atoms with Gasteiger partial charge >= 0.3 is 5.97 Å². The van der Waals surface area contributed by atoms with Crippen molar-refractivity contribution < 1.29 is 39.0 Å². The van der Waals surface area contributed by atoms with Gasteiger partial charge in [0, 0.05) is 37.8 Å². The lowest BCUT2D eigenvalue weighted by atomic mass is 9.96. The van der Waals surface area contributed by atoms with Crippen LogP contribution >= 0.6 is 0 Å². The van der Waals surface area contributed by atoms with Crippen LogP contribution in [0.15, 0.2) is 41.8 Å². The topological polar surface area (TPSA) is 313 Å². The van der Waals surface area contributed by atoms with Gasteiger partial charge in [0.2, 0.25) is 29.5 Å². The van der Waals surface area contributed by atoms with Crippen LogP contribution in [-0.2, 0) is 41.6 Å². The monoisotopic (exact) mass is 783 g/mol. The number of rotatable bonds is 21. The first-order valence-electron chi connectivity index (χ1n) is 18.8. The average molecular weight is 784 g/mol. The highest BCUT2D eigenvalue weighted by Crippen LogP contribution is 2.20. The van der Waals surface area contributed by atoms with Crippen LogP contribution < -0.4 is 38.5 Å². The fourth-order valence-electron chi connectivity index (χ4n) is 6.31. The van der Waals surface area contributed by atoms with E-state index in [4.69, 9.17) is 17.2 Å². The number of phenols is 1. The molecule has 308 valence electrons. The molecular weight excluding hydrogens is 726 g/mol. The van der Waals surface area contributed by atoms with Crippen LogP contribution in [0.1, 0.15) is 71.1 Å². The number of carbonyl (C=O) groups excluding carboxylic acids is 5. The van der Waals surface area contributed by atoms with Crippen molar-refractivity contribution in [2.75, 3.05) is 13.1 Å². The molecule has 19 nitrogen and oxygen atoms in total. The van der Waals surface area contributed by atoms with Crippen molar-refractivity contribution >= 4 is 41.5 Å². The summed E-state index contributed by atoms with van der Waals surface area (Å²) in [5, 5.41) is 30.5. The third-order valence-electron chi connectivity index (χ3n) is 9.77. The summed E-state index contributed by atoms with van der Waals surface area (Å²) in [6.07, 6.45) is 4.70. The summed E-state index contributed by atoms with van der Waals surface area (Å²) >= 11 is 0. The molecule has 7 atom stereocenters. The van der Waals surface area contributed by atoms with Crippen molar-refractivity contribution in [3.63, 3.8) is 0 Å². The Morgan fingerprint density at radius 1 is 0.929 bits per heavy atom. The lowest BCUT2D eigenvalue weighted by Crippen LogP contribution is -2.61. The summed E-state index contributed by atoms with van der Waals surface area (Å²) in [6, 6.07) is -0.708. The summed E-state index contributed by atoms with van der Waals surface area (Å²) in [6.45, 7) is 7.48. The number of imidazole rings is 1. The zero-order valence-electron chi connectivity index (χ0n) is 32.4. The highest BCUT2D eigenvalue weighted by atomic mass is 16.4. The van der Waals surface area contributed by atoms with Gasteiger partial charge in [-0.2, -0.15) is 0 Å². The maximum atomic E-state index is 14.2. The van der Waals surface area contributed by atoms with Crippen LogP contribution in [0, 0.1) is 11.8 Å². The van der Waals surface area contributed by atoms with E-state index in [0.29, 0.717) is 30.5 Å². The average Bonchev–Trinajstić information content (AvgIpc) is 3.87. The predicted molar refractivity (Wildman–Crippen MR) is 206 cm³/mol. The largest absolute Gasteiger partial charge is 0.508 e. The number of guanidine groups is 1. The molecule has 1 aliphatic heterocycles. The second-order valence-electron chi connectivity index (χ2n) is 14.5. The third kappa shape index (κ3) is 13.2. The van der Waals surface area contributed by atoms with Crippen LogP contribution in [0.4, 0.5) is 0 Å². The number of nitrogens with two attached hydrogens (primary N) is 3. The molecule has 2 heterocycles. The Hall–Kier alpha value is -5.72. The summed E-state index contributed by atoms with van der Waals surface area (Å²) in [5.74, 6) is -5.37. The van der Waals surface area contributed by atoms with Crippen molar-refractivity contribution in [1.82, 2.24) is 36.1 Å². The van der Waals surface area contributed by atoms with Crippen LogP contribution in [0.3, 0.4) is 0 Å². The van der Waals surface area contributed by atoms with Gasteiger partial charge in [-0.1, -0.05) is 46.2 Å². The number of aliphatic imine (C=N–C) groups is 1. The summed E-state index contributed by atoms with van der Waals surface area (Å²) in [5.41, 5.74) is 17.9. The van der Waals surface area contributed by atoms with E-state index < -0.39 is 83.6 Å². The highest BCUT2D eigenvalue weighted by molar-refractivity contribution is 5.96. The van der Waals surface area contributed by atoms with Crippen molar-refractivity contribution in [3.8, 4) is 5.75 Å². The number of nitrogens with zero attached hydrogens (tertiary/aromatic N) is 3. The van der Waals surface area contributed by atoms with Crippen LogP contribution in [0.2, 0.25) is 0 Å². The molecule has 1 aromatic carbocycles. The molecule has 56 heavy (non-hydrogen) atoms. The standard InChI is InChI=1S/C37H57N11O8/c1-5-21(4)30(34(53)45-27(17-23-18-41-19-43-23)35(54)48-15-7-9-28(48)36(55)56)47-32(51)26(16-22-10-12-24(49)13-11-22)44-33(52)29(20(2)3)46-31(50)25(38)8-6-14-42-37(39)40/h10-13,18-21,25-30,49H,5-9,14-17,38H2,1-4H3,(H,41,43)(H,44,52)(H,45,53)(H,46,50)(H,47,51)(H,55,56)(H4,39,40,42). The Morgan fingerprint density at radius 3 is 2.16 bits per heavy atom. The fraction of sp³-hybridized carbons (Fsp3) is 0.568. The number of carboxylic acid groups (broad SMARTS) is 1. The Bertz CT molecular complexity index is 1660. The van der Waals surface area contributed by atoms with Crippen molar-refractivity contribution in [2.45, 2.75) is 109 Å². The lowest BCUT2D eigenvalue weighted by Gasteiger charge is -2.31. The number of nitrogens with one attached hydrogen (secondary N) is 5. The van der Waals surface area contributed by atoms with Crippen LogP contribution in [0.25, 0.3) is 0 Å². The van der Waals surface area contributed by atoms with Gasteiger partial charge in [0.15, 0.2) is 5.96 Å². The predicted octanol–water partition coefficient (Wildman–Crippen LogP) is -1.00. The van der Waals surface area contributed by atoms with Crippen molar-refractivity contribution in [2.24, 2.45) is 34.0 Å². The van der Waals surface area contributed by atoms with E-state index in [2.05, 4.69) is 36.2 Å².